The molecule has 1 N–H and O–H groups in total. The number of anilines is 2. The van der Waals surface area contributed by atoms with Gasteiger partial charge in [-0.15, -0.1) is 0 Å². The lowest BCUT2D eigenvalue weighted by Gasteiger charge is -2.27. The van der Waals surface area contributed by atoms with E-state index >= 15 is 0 Å². The van der Waals surface area contributed by atoms with Crippen LogP contribution in [0.15, 0.2) is 4.63 Å². The number of nitrogens with one attached hydrogen (secondary N) is 1. The Hall–Kier alpha value is -2.71. The minimum Gasteiger partial charge on any atom is -0.353 e. The number of rotatable bonds is 4. The van der Waals surface area contributed by atoms with Crippen molar-refractivity contribution in [1.29, 1.82) is 0 Å². The molecule has 1 aliphatic rings. The van der Waals surface area contributed by atoms with Gasteiger partial charge in [0, 0.05) is 37.9 Å². The van der Waals surface area contributed by atoms with Crippen molar-refractivity contribution in [3.05, 3.63) is 17.0 Å². The highest BCUT2D eigenvalue weighted by Crippen LogP contribution is 2.30. The van der Waals surface area contributed by atoms with Gasteiger partial charge in [-0.2, -0.15) is 5.10 Å². The van der Waals surface area contributed by atoms with E-state index in [4.69, 9.17) is 14.6 Å². The standard InChI is InChI=1S/C17H24N8O/c1-11-13(12(2)21-20-11)10-24(3)16-17(25-8-6-4-5-7-9-25)19-15-14(18-16)22-26-23-15/h4-10H2,1-3H3,(H,20,21). The maximum absolute atomic E-state index is 4.83. The molecule has 1 fully saturated rings. The third-order valence-corrected chi connectivity index (χ3v) is 5.02. The van der Waals surface area contributed by atoms with Crippen LogP contribution in [0.4, 0.5) is 11.6 Å². The minimum absolute atomic E-state index is 0.436. The fourth-order valence-corrected chi connectivity index (χ4v) is 3.49. The van der Waals surface area contributed by atoms with Crippen LogP contribution in [-0.2, 0) is 6.54 Å². The van der Waals surface area contributed by atoms with Gasteiger partial charge in [-0.1, -0.05) is 12.8 Å². The molecule has 0 radical (unpaired) electrons. The molecule has 138 valence electrons. The topological polar surface area (TPSA) is 99.9 Å². The third-order valence-electron chi connectivity index (χ3n) is 5.02. The molecular weight excluding hydrogens is 332 g/mol. The molecule has 0 unspecified atom stereocenters. The van der Waals surface area contributed by atoms with Crippen molar-refractivity contribution in [1.82, 2.24) is 30.5 Å². The largest absolute Gasteiger partial charge is 0.353 e. The lowest BCUT2D eigenvalue weighted by atomic mass is 10.2. The minimum atomic E-state index is 0.436. The van der Waals surface area contributed by atoms with Crippen LogP contribution in [-0.4, -0.2) is 50.6 Å². The van der Waals surface area contributed by atoms with Gasteiger partial charge in [0.15, 0.2) is 11.6 Å². The molecule has 0 aliphatic carbocycles. The normalized spacial score (nSPS) is 15.4. The number of fused-ring (bicyclic) bond motifs is 1. The van der Waals surface area contributed by atoms with Gasteiger partial charge in [0.2, 0.25) is 11.3 Å². The number of H-pyrrole nitrogens is 1. The van der Waals surface area contributed by atoms with E-state index in [-0.39, 0.29) is 0 Å². The Balaban J connectivity index is 1.72. The molecule has 0 amide bonds. The zero-order valence-electron chi connectivity index (χ0n) is 15.5. The lowest BCUT2D eigenvalue weighted by Crippen LogP contribution is -2.29. The number of nitrogens with zero attached hydrogens (tertiary/aromatic N) is 7. The number of aromatic amines is 1. The summed E-state index contributed by atoms with van der Waals surface area (Å²) < 4.78 is 4.83. The first-order valence-electron chi connectivity index (χ1n) is 9.10. The van der Waals surface area contributed by atoms with Crippen molar-refractivity contribution < 1.29 is 4.63 Å². The highest BCUT2D eigenvalue weighted by atomic mass is 16.6. The highest BCUT2D eigenvalue weighted by Gasteiger charge is 2.23. The van der Waals surface area contributed by atoms with Gasteiger partial charge in [-0.05, 0) is 37.0 Å². The van der Waals surface area contributed by atoms with Crippen LogP contribution >= 0.6 is 0 Å². The van der Waals surface area contributed by atoms with Crippen molar-refractivity contribution >= 4 is 22.9 Å². The first-order valence-corrected chi connectivity index (χ1v) is 9.10. The van der Waals surface area contributed by atoms with E-state index in [2.05, 4.69) is 30.3 Å². The molecule has 3 aromatic rings. The summed E-state index contributed by atoms with van der Waals surface area (Å²) in [6, 6.07) is 0. The lowest BCUT2D eigenvalue weighted by molar-refractivity contribution is 0.314. The Morgan fingerprint density at radius 3 is 2.38 bits per heavy atom. The molecule has 0 aromatic carbocycles. The Kier molecular flexibility index (Phi) is 4.44. The van der Waals surface area contributed by atoms with E-state index in [9.17, 15) is 0 Å². The summed E-state index contributed by atoms with van der Waals surface area (Å²) in [5.74, 6) is 1.66. The van der Waals surface area contributed by atoms with Crippen LogP contribution < -0.4 is 9.80 Å². The molecule has 0 saturated carbocycles. The van der Waals surface area contributed by atoms with E-state index < -0.39 is 0 Å². The summed E-state index contributed by atoms with van der Waals surface area (Å²) >= 11 is 0. The Morgan fingerprint density at radius 2 is 1.73 bits per heavy atom. The van der Waals surface area contributed by atoms with E-state index in [1.54, 1.807) is 0 Å². The second-order valence-corrected chi connectivity index (χ2v) is 6.95. The first-order chi connectivity index (χ1) is 12.6. The number of aryl methyl sites for hydroxylation is 2. The summed E-state index contributed by atoms with van der Waals surface area (Å²) in [7, 11) is 2.02. The van der Waals surface area contributed by atoms with Crippen molar-refractivity contribution in [3.63, 3.8) is 0 Å². The monoisotopic (exact) mass is 356 g/mol. The second-order valence-electron chi connectivity index (χ2n) is 6.95. The number of hydrogen-bond donors (Lipinski definition) is 1. The zero-order valence-corrected chi connectivity index (χ0v) is 15.5. The first kappa shape index (κ1) is 16.7. The van der Waals surface area contributed by atoms with Gasteiger partial charge < -0.3 is 9.80 Å². The zero-order chi connectivity index (χ0) is 18.1. The Morgan fingerprint density at radius 1 is 1.04 bits per heavy atom. The fraction of sp³-hybridized carbons (Fsp3) is 0.588. The Bertz CT molecular complexity index is 874. The SMILES string of the molecule is Cc1n[nH]c(C)c1CN(C)c1nc2nonc2nc1N1CCCCCC1. The van der Waals surface area contributed by atoms with Gasteiger partial charge in [0.25, 0.3) is 0 Å². The average molecular weight is 356 g/mol. The molecule has 3 aromatic heterocycles. The molecule has 0 spiro atoms. The molecule has 0 atom stereocenters. The van der Waals surface area contributed by atoms with Crippen LogP contribution in [0.1, 0.15) is 42.6 Å². The van der Waals surface area contributed by atoms with E-state index in [0.29, 0.717) is 17.8 Å². The maximum atomic E-state index is 4.83. The molecule has 4 rings (SSSR count). The van der Waals surface area contributed by atoms with E-state index in [0.717, 1.165) is 36.1 Å². The molecule has 1 aliphatic heterocycles. The van der Waals surface area contributed by atoms with E-state index in [1.165, 1.54) is 31.2 Å². The maximum Gasteiger partial charge on any atom is 0.245 e. The smallest absolute Gasteiger partial charge is 0.245 e. The average Bonchev–Trinajstić information content (AvgIpc) is 3.10. The van der Waals surface area contributed by atoms with E-state index in [1.807, 2.05) is 20.9 Å². The Labute approximate surface area is 151 Å². The predicted octanol–water partition coefficient (Wildman–Crippen LogP) is 2.37. The number of aromatic nitrogens is 6. The molecule has 0 bridgehead atoms. The van der Waals surface area contributed by atoms with Crippen molar-refractivity contribution in [2.75, 3.05) is 29.9 Å². The van der Waals surface area contributed by atoms with Crippen LogP contribution in [0.5, 0.6) is 0 Å². The van der Waals surface area contributed by atoms with Gasteiger partial charge in [0.1, 0.15) is 0 Å². The van der Waals surface area contributed by atoms with Crippen LogP contribution in [0.3, 0.4) is 0 Å². The van der Waals surface area contributed by atoms with Crippen LogP contribution in [0.2, 0.25) is 0 Å². The third kappa shape index (κ3) is 3.09. The van der Waals surface area contributed by atoms with Gasteiger partial charge in [-0.25, -0.2) is 14.6 Å². The summed E-state index contributed by atoms with van der Waals surface area (Å²) in [6.07, 6.45) is 4.85. The highest BCUT2D eigenvalue weighted by molar-refractivity contribution is 5.74. The van der Waals surface area contributed by atoms with Crippen LogP contribution in [0.25, 0.3) is 11.3 Å². The van der Waals surface area contributed by atoms with Crippen LogP contribution in [0, 0.1) is 13.8 Å². The summed E-state index contributed by atoms with van der Waals surface area (Å²) in [5.41, 5.74) is 4.14. The molecule has 4 heterocycles. The van der Waals surface area contributed by atoms with Gasteiger partial charge in [-0.3, -0.25) is 5.10 Å². The van der Waals surface area contributed by atoms with Crippen molar-refractivity contribution in [2.45, 2.75) is 46.1 Å². The van der Waals surface area contributed by atoms with Gasteiger partial charge >= 0.3 is 0 Å². The summed E-state index contributed by atoms with van der Waals surface area (Å²) in [4.78, 5) is 13.8. The number of hydrogen-bond acceptors (Lipinski definition) is 8. The second kappa shape index (κ2) is 6.89. The molecule has 9 heteroatoms. The van der Waals surface area contributed by atoms with Gasteiger partial charge in [0.05, 0.1) is 5.69 Å². The molecular formula is C17H24N8O. The quantitative estimate of drug-likeness (QED) is 0.760. The van der Waals surface area contributed by atoms with Crippen molar-refractivity contribution in [3.8, 4) is 0 Å². The summed E-state index contributed by atoms with van der Waals surface area (Å²) in [6.45, 7) is 6.71. The summed E-state index contributed by atoms with van der Waals surface area (Å²) in [5, 5.41) is 15.1. The fourth-order valence-electron chi connectivity index (χ4n) is 3.49. The molecule has 1 saturated heterocycles. The molecule has 9 nitrogen and oxygen atoms in total. The van der Waals surface area contributed by atoms with Crippen molar-refractivity contribution in [2.24, 2.45) is 0 Å². The predicted molar refractivity (Wildman–Crippen MR) is 98.2 cm³/mol. The molecule has 26 heavy (non-hydrogen) atoms.